The topological polar surface area (TPSA) is 92.4 Å². The third-order valence-corrected chi connectivity index (χ3v) is 3.06. The molecule has 0 heterocycles. The number of nitrogens with one attached hydrogen (secondary N) is 1. The summed E-state index contributed by atoms with van der Waals surface area (Å²) in [6.07, 6.45) is 4.93. The number of rotatable bonds is 6. The maximum absolute atomic E-state index is 11.9. The third-order valence-electron chi connectivity index (χ3n) is 3.06. The van der Waals surface area contributed by atoms with Crippen LogP contribution >= 0.6 is 0 Å². The Morgan fingerprint density at radius 2 is 2.10 bits per heavy atom. The molecule has 0 aliphatic rings. The Kier molecular flexibility index (Phi) is 6.11. The third kappa shape index (κ3) is 3.92. The maximum Gasteiger partial charge on any atom is 0.221 e. The van der Waals surface area contributed by atoms with Crippen molar-refractivity contribution in [3.05, 3.63) is 28.8 Å². The monoisotopic (exact) mass is 290 g/mol. The van der Waals surface area contributed by atoms with Gasteiger partial charge in [0.1, 0.15) is 5.75 Å². The van der Waals surface area contributed by atoms with Crippen LogP contribution in [-0.4, -0.2) is 23.3 Å². The Hall–Kier alpha value is -2.14. The fourth-order valence-electron chi connectivity index (χ4n) is 2.20. The average molecular weight is 290 g/mol. The normalized spacial score (nSPS) is 10.9. The molecule has 1 aromatic rings. The molecule has 0 saturated heterocycles. The largest absolute Gasteiger partial charge is 0.507 e. The number of phenolic OH excluding ortho intramolecular Hbond substituents is 1. The van der Waals surface area contributed by atoms with Crippen molar-refractivity contribution in [2.75, 3.05) is 11.9 Å². The van der Waals surface area contributed by atoms with Crippen LogP contribution in [0.15, 0.2) is 12.1 Å². The second-order valence-electron chi connectivity index (χ2n) is 4.77. The van der Waals surface area contributed by atoms with Crippen molar-refractivity contribution < 1.29 is 14.7 Å². The Balaban J connectivity index is 3.62. The number of Topliss-reactive ketones (excluding diaryl/α,β-unsaturated/α-hetero) is 1. The van der Waals surface area contributed by atoms with Crippen molar-refractivity contribution in [1.29, 1.82) is 0 Å². The molecule has 1 amide bonds. The van der Waals surface area contributed by atoms with Crippen LogP contribution in [0.1, 0.15) is 48.7 Å². The molecule has 0 unspecified atom stereocenters. The van der Waals surface area contributed by atoms with Crippen LogP contribution in [0, 0.1) is 0 Å². The van der Waals surface area contributed by atoms with E-state index >= 15 is 0 Å². The number of allylic oxidation sites excluding steroid dienone is 1. The predicted molar refractivity (Wildman–Crippen MR) is 84.5 cm³/mol. The van der Waals surface area contributed by atoms with E-state index in [1.807, 2.05) is 19.9 Å². The van der Waals surface area contributed by atoms with Crippen molar-refractivity contribution in [2.24, 2.45) is 5.73 Å². The zero-order valence-electron chi connectivity index (χ0n) is 12.7. The summed E-state index contributed by atoms with van der Waals surface area (Å²) in [6, 6.07) is 1.56. The van der Waals surface area contributed by atoms with Crippen LogP contribution < -0.4 is 11.1 Å². The number of nitrogens with two attached hydrogens (primary N) is 1. The van der Waals surface area contributed by atoms with Gasteiger partial charge in [0.2, 0.25) is 5.91 Å². The van der Waals surface area contributed by atoms with Crippen LogP contribution in [0.3, 0.4) is 0 Å². The summed E-state index contributed by atoms with van der Waals surface area (Å²) in [5.74, 6) is -0.648. The highest BCUT2D eigenvalue weighted by atomic mass is 16.3. The zero-order chi connectivity index (χ0) is 16.0. The van der Waals surface area contributed by atoms with Crippen molar-refractivity contribution in [3.63, 3.8) is 0 Å². The van der Waals surface area contributed by atoms with Gasteiger partial charge in [-0.05, 0) is 25.0 Å². The van der Waals surface area contributed by atoms with E-state index in [1.165, 1.54) is 6.92 Å². The van der Waals surface area contributed by atoms with Crippen LogP contribution in [0.25, 0.3) is 6.08 Å². The minimum atomic E-state index is -0.329. The highest BCUT2D eigenvalue weighted by molar-refractivity contribution is 6.03. The fourth-order valence-corrected chi connectivity index (χ4v) is 2.20. The number of benzene rings is 1. The lowest BCUT2D eigenvalue weighted by Crippen LogP contribution is -2.16. The van der Waals surface area contributed by atoms with Crippen LogP contribution in [-0.2, 0) is 11.2 Å². The number of carbonyl (C=O) groups excluding carboxylic acids is 2. The van der Waals surface area contributed by atoms with Gasteiger partial charge in [0.15, 0.2) is 5.78 Å². The van der Waals surface area contributed by atoms with Gasteiger partial charge < -0.3 is 16.2 Å². The summed E-state index contributed by atoms with van der Waals surface area (Å²) < 4.78 is 0. The molecule has 5 nitrogen and oxygen atoms in total. The van der Waals surface area contributed by atoms with Gasteiger partial charge in [-0.15, -0.1) is 0 Å². The standard InChI is InChI=1S/C16H22N2O3/c1-4-6-11-8-13(14(20)9-17)16(21)12(7-5-2)15(11)18-10(3)19/h4,6,8,21H,5,7,9,17H2,1-3H3,(H,18,19)/b6-4+. The Labute approximate surface area is 124 Å². The summed E-state index contributed by atoms with van der Waals surface area (Å²) in [5.41, 5.74) is 7.39. The minimum absolute atomic E-state index is 0.0932. The molecule has 1 rings (SSSR count). The molecule has 0 aliphatic heterocycles. The van der Waals surface area contributed by atoms with Gasteiger partial charge in [-0.3, -0.25) is 9.59 Å². The van der Waals surface area contributed by atoms with Crippen molar-refractivity contribution in [1.82, 2.24) is 0 Å². The number of amides is 1. The van der Waals surface area contributed by atoms with Crippen LogP contribution in [0.4, 0.5) is 5.69 Å². The smallest absolute Gasteiger partial charge is 0.221 e. The first-order valence-corrected chi connectivity index (χ1v) is 6.98. The van der Waals surface area contributed by atoms with Crippen LogP contribution in [0.2, 0.25) is 0 Å². The van der Waals surface area contributed by atoms with Gasteiger partial charge in [-0.2, -0.15) is 0 Å². The lowest BCUT2D eigenvalue weighted by atomic mass is 9.95. The number of anilines is 1. The number of hydrogen-bond donors (Lipinski definition) is 3. The molecule has 0 aromatic heterocycles. The number of ketones is 1. The SMILES string of the molecule is C/C=C/c1cc(C(=O)CN)c(O)c(CCC)c1NC(C)=O. The van der Waals surface area contributed by atoms with E-state index in [0.29, 0.717) is 23.2 Å². The zero-order valence-corrected chi connectivity index (χ0v) is 12.7. The number of phenols is 1. The number of carbonyl (C=O) groups is 2. The first-order valence-electron chi connectivity index (χ1n) is 6.98. The Bertz CT molecular complexity index is 577. The second kappa shape index (κ2) is 7.59. The summed E-state index contributed by atoms with van der Waals surface area (Å²) in [5, 5.41) is 13.1. The van der Waals surface area contributed by atoms with Gasteiger partial charge in [-0.25, -0.2) is 0 Å². The molecule has 0 aliphatic carbocycles. The van der Waals surface area contributed by atoms with Crippen LogP contribution in [0.5, 0.6) is 5.75 Å². The van der Waals surface area contributed by atoms with E-state index in [1.54, 1.807) is 12.1 Å². The summed E-state index contributed by atoms with van der Waals surface area (Å²) >= 11 is 0. The predicted octanol–water partition coefficient (Wildman–Crippen LogP) is 2.48. The molecule has 21 heavy (non-hydrogen) atoms. The van der Waals surface area contributed by atoms with Gasteiger partial charge in [0.05, 0.1) is 17.8 Å². The minimum Gasteiger partial charge on any atom is -0.507 e. The van der Waals surface area contributed by atoms with Crippen molar-refractivity contribution >= 4 is 23.5 Å². The molecule has 5 heteroatoms. The number of hydrogen-bond acceptors (Lipinski definition) is 4. The molecule has 1 aromatic carbocycles. The lowest BCUT2D eigenvalue weighted by Gasteiger charge is -2.17. The first-order chi connectivity index (χ1) is 9.96. The van der Waals surface area contributed by atoms with Gasteiger partial charge in [0, 0.05) is 12.5 Å². The van der Waals surface area contributed by atoms with E-state index in [2.05, 4.69) is 5.32 Å². The van der Waals surface area contributed by atoms with Gasteiger partial charge >= 0.3 is 0 Å². The molecule has 114 valence electrons. The molecule has 0 bridgehead atoms. The molecule has 0 spiro atoms. The highest BCUT2D eigenvalue weighted by Crippen LogP contribution is 2.35. The average Bonchev–Trinajstić information content (AvgIpc) is 2.44. The fraction of sp³-hybridized carbons (Fsp3) is 0.375. The van der Waals surface area contributed by atoms with E-state index in [0.717, 1.165) is 6.42 Å². The molecule has 4 N–H and O–H groups in total. The summed E-state index contributed by atoms with van der Waals surface area (Å²) in [4.78, 5) is 23.3. The summed E-state index contributed by atoms with van der Waals surface area (Å²) in [7, 11) is 0. The van der Waals surface area contributed by atoms with Gasteiger partial charge in [0.25, 0.3) is 0 Å². The summed E-state index contributed by atoms with van der Waals surface area (Å²) in [6.45, 7) is 5.04. The second-order valence-corrected chi connectivity index (χ2v) is 4.77. The van der Waals surface area contributed by atoms with E-state index in [-0.39, 0.29) is 29.5 Å². The lowest BCUT2D eigenvalue weighted by molar-refractivity contribution is -0.114. The van der Waals surface area contributed by atoms with E-state index in [4.69, 9.17) is 5.73 Å². The highest BCUT2D eigenvalue weighted by Gasteiger charge is 2.20. The molecule has 0 saturated carbocycles. The molecule has 0 radical (unpaired) electrons. The van der Waals surface area contributed by atoms with Crippen molar-refractivity contribution in [2.45, 2.75) is 33.6 Å². The molecule has 0 fully saturated rings. The Morgan fingerprint density at radius 1 is 1.43 bits per heavy atom. The molecular weight excluding hydrogens is 268 g/mol. The Morgan fingerprint density at radius 3 is 2.57 bits per heavy atom. The molecular formula is C16H22N2O3. The van der Waals surface area contributed by atoms with Crippen molar-refractivity contribution in [3.8, 4) is 5.75 Å². The van der Waals surface area contributed by atoms with Gasteiger partial charge in [-0.1, -0.05) is 25.5 Å². The maximum atomic E-state index is 11.9. The quantitative estimate of drug-likeness (QED) is 0.702. The first kappa shape index (κ1) is 16.9. The van der Waals surface area contributed by atoms with E-state index < -0.39 is 0 Å². The number of aromatic hydroxyl groups is 1. The molecule has 0 atom stereocenters. The van der Waals surface area contributed by atoms with E-state index in [9.17, 15) is 14.7 Å².